The van der Waals surface area contributed by atoms with Crippen LogP contribution in [0.25, 0.3) is 0 Å². The van der Waals surface area contributed by atoms with E-state index in [9.17, 15) is 4.79 Å². The van der Waals surface area contributed by atoms with Crippen molar-refractivity contribution in [3.8, 4) is 0 Å². The van der Waals surface area contributed by atoms with Crippen molar-refractivity contribution in [3.63, 3.8) is 0 Å². The SMILES string of the molecule is CC(=O)N(C)c1cccc(Nc2nc(CC(C)C)ns2)c1. The van der Waals surface area contributed by atoms with Gasteiger partial charge in [-0.05, 0) is 24.1 Å². The van der Waals surface area contributed by atoms with Crippen molar-refractivity contribution in [1.29, 1.82) is 0 Å². The van der Waals surface area contributed by atoms with Crippen LogP contribution in [0.15, 0.2) is 24.3 Å². The minimum absolute atomic E-state index is 0.00212. The topological polar surface area (TPSA) is 58.1 Å². The third-order valence-corrected chi connectivity index (χ3v) is 3.68. The number of hydrogen-bond acceptors (Lipinski definition) is 5. The van der Waals surface area contributed by atoms with Crippen LogP contribution in [0.1, 0.15) is 26.6 Å². The summed E-state index contributed by atoms with van der Waals surface area (Å²) in [5.74, 6) is 1.41. The Balaban J connectivity index is 2.11. The summed E-state index contributed by atoms with van der Waals surface area (Å²) in [5.41, 5.74) is 1.74. The minimum Gasteiger partial charge on any atom is -0.330 e. The molecule has 1 heterocycles. The second kappa shape index (κ2) is 6.67. The van der Waals surface area contributed by atoms with Crippen LogP contribution in [-0.2, 0) is 11.2 Å². The van der Waals surface area contributed by atoms with Crippen LogP contribution in [0, 0.1) is 5.92 Å². The first kappa shape index (κ1) is 15.4. The highest BCUT2D eigenvalue weighted by molar-refractivity contribution is 7.09. The number of anilines is 3. The molecule has 0 atom stereocenters. The molecule has 0 aliphatic rings. The molecule has 1 amide bonds. The summed E-state index contributed by atoms with van der Waals surface area (Å²) < 4.78 is 4.34. The molecule has 0 saturated carbocycles. The van der Waals surface area contributed by atoms with Gasteiger partial charge in [-0.15, -0.1) is 0 Å². The van der Waals surface area contributed by atoms with Crippen LogP contribution in [0.3, 0.4) is 0 Å². The Kier molecular flexibility index (Phi) is 4.90. The lowest BCUT2D eigenvalue weighted by Crippen LogP contribution is -2.22. The van der Waals surface area contributed by atoms with E-state index in [1.807, 2.05) is 24.3 Å². The maximum atomic E-state index is 11.4. The molecule has 0 aliphatic carbocycles. The van der Waals surface area contributed by atoms with Gasteiger partial charge in [-0.2, -0.15) is 4.37 Å². The minimum atomic E-state index is 0.00212. The number of aromatic nitrogens is 2. The van der Waals surface area contributed by atoms with Gasteiger partial charge in [0.1, 0.15) is 5.82 Å². The maximum absolute atomic E-state index is 11.4. The molecule has 0 unspecified atom stereocenters. The average Bonchev–Trinajstić information content (AvgIpc) is 2.84. The Morgan fingerprint density at radius 3 is 2.86 bits per heavy atom. The molecule has 1 N–H and O–H groups in total. The molecule has 112 valence electrons. The number of hydrogen-bond donors (Lipinski definition) is 1. The van der Waals surface area contributed by atoms with Crippen LogP contribution in [-0.4, -0.2) is 22.3 Å². The molecule has 2 aromatic rings. The molecule has 1 aromatic carbocycles. The van der Waals surface area contributed by atoms with Gasteiger partial charge in [0.15, 0.2) is 0 Å². The van der Waals surface area contributed by atoms with Gasteiger partial charge in [0.2, 0.25) is 11.0 Å². The van der Waals surface area contributed by atoms with Crippen molar-refractivity contribution in [3.05, 3.63) is 30.1 Å². The molecule has 21 heavy (non-hydrogen) atoms. The van der Waals surface area contributed by atoms with Crippen molar-refractivity contribution in [1.82, 2.24) is 9.36 Å². The number of carbonyl (C=O) groups is 1. The van der Waals surface area contributed by atoms with E-state index < -0.39 is 0 Å². The lowest BCUT2D eigenvalue weighted by molar-refractivity contribution is -0.116. The maximum Gasteiger partial charge on any atom is 0.223 e. The molecule has 0 saturated heterocycles. The van der Waals surface area contributed by atoms with E-state index >= 15 is 0 Å². The van der Waals surface area contributed by atoms with Crippen molar-refractivity contribution < 1.29 is 4.79 Å². The molecule has 0 bridgehead atoms. The predicted octanol–water partition coefficient (Wildman–Crippen LogP) is 3.46. The molecule has 0 spiro atoms. The number of carbonyl (C=O) groups excluding carboxylic acids is 1. The largest absolute Gasteiger partial charge is 0.330 e. The lowest BCUT2D eigenvalue weighted by Gasteiger charge is -2.15. The molecular weight excluding hydrogens is 284 g/mol. The number of nitrogens with one attached hydrogen (secondary N) is 1. The van der Waals surface area contributed by atoms with Crippen LogP contribution >= 0.6 is 11.5 Å². The second-order valence-corrected chi connectivity index (χ2v) is 6.12. The molecule has 5 nitrogen and oxygen atoms in total. The highest BCUT2D eigenvalue weighted by Gasteiger charge is 2.08. The van der Waals surface area contributed by atoms with Gasteiger partial charge < -0.3 is 10.2 Å². The summed E-state index contributed by atoms with van der Waals surface area (Å²) in [4.78, 5) is 17.5. The Labute approximate surface area is 129 Å². The smallest absolute Gasteiger partial charge is 0.223 e. The van der Waals surface area contributed by atoms with E-state index in [0.29, 0.717) is 5.92 Å². The molecule has 0 radical (unpaired) electrons. The summed E-state index contributed by atoms with van der Waals surface area (Å²) in [7, 11) is 1.76. The fourth-order valence-electron chi connectivity index (χ4n) is 1.85. The third-order valence-electron chi connectivity index (χ3n) is 3.02. The van der Waals surface area contributed by atoms with E-state index in [1.165, 1.54) is 11.5 Å². The van der Waals surface area contributed by atoms with Gasteiger partial charge in [-0.1, -0.05) is 19.9 Å². The average molecular weight is 304 g/mol. The Hall–Kier alpha value is -1.95. The van der Waals surface area contributed by atoms with E-state index in [-0.39, 0.29) is 5.91 Å². The summed E-state index contributed by atoms with van der Waals surface area (Å²) in [6.45, 7) is 5.84. The Morgan fingerprint density at radius 2 is 2.19 bits per heavy atom. The van der Waals surface area contributed by atoms with Gasteiger partial charge in [-0.3, -0.25) is 4.79 Å². The van der Waals surface area contributed by atoms with E-state index in [2.05, 4.69) is 28.5 Å². The number of rotatable bonds is 5. The van der Waals surface area contributed by atoms with E-state index in [1.54, 1.807) is 18.9 Å². The normalized spacial score (nSPS) is 10.7. The Morgan fingerprint density at radius 1 is 1.43 bits per heavy atom. The van der Waals surface area contributed by atoms with Gasteiger partial charge >= 0.3 is 0 Å². The second-order valence-electron chi connectivity index (χ2n) is 5.37. The first-order valence-corrected chi connectivity index (χ1v) is 7.67. The Bertz CT molecular complexity index is 624. The van der Waals surface area contributed by atoms with E-state index in [4.69, 9.17) is 0 Å². The molecule has 6 heteroatoms. The summed E-state index contributed by atoms with van der Waals surface area (Å²) in [6.07, 6.45) is 0.880. The summed E-state index contributed by atoms with van der Waals surface area (Å²) >= 11 is 1.35. The monoisotopic (exact) mass is 304 g/mol. The number of benzene rings is 1. The van der Waals surface area contributed by atoms with Crippen molar-refractivity contribution >= 4 is 33.9 Å². The fraction of sp³-hybridized carbons (Fsp3) is 0.400. The van der Waals surface area contributed by atoms with E-state index in [0.717, 1.165) is 28.8 Å². The van der Waals surface area contributed by atoms with Crippen LogP contribution in [0.4, 0.5) is 16.5 Å². The molecular formula is C15H20N4OS. The number of amides is 1. The van der Waals surface area contributed by atoms with Gasteiger partial charge in [0, 0.05) is 43.3 Å². The predicted molar refractivity (Wildman–Crippen MR) is 87.3 cm³/mol. The van der Waals surface area contributed by atoms with Gasteiger partial charge in [0.25, 0.3) is 0 Å². The number of nitrogens with zero attached hydrogens (tertiary/aromatic N) is 3. The van der Waals surface area contributed by atoms with Gasteiger partial charge in [0.05, 0.1) is 0 Å². The fourth-order valence-corrected chi connectivity index (χ4v) is 2.47. The van der Waals surface area contributed by atoms with Crippen LogP contribution in [0.2, 0.25) is 0 Å². The summed E-state index contributed by atoms with van der Waals surface area (Å²) in [6, 6.07) is 7.68. The lowest BCUT2D eigenvalue weighted by atomic mass is 10.1. The summed E-state index contributed by atoms with van der Waals surface area (Å²) in [5, 5.41) is 4.01. The van der Waals surface area contributed by atoms with Crippen LogP contribution in [0.5, 0.6) is 0 Å². The van der Waals surface area contributed by atoms with Crippen molar-refractivity contribution in [2.75, 3.05) is 17.3 Å². The molecule has 0 fully saturated rings. The standard InChI is InChI=1S/C15H20N4OS/c1-10(2)8-14-17-15(21-18-14)16-12-6-5-7-13(9-12)19(4)11(3)20/h5-7,9-10H,8H2,1-4H3,(H,16,17,18). The van der Waals surface area contributed by atoms with Gasteiger partial charge in [-0.25, -0.2) is 4.98 Å². The highest BCUT2D eigenvalue weighted by atomic mass is 32.1. The van der Waals surface area contributed by atoms with Crippen molar-refractivity contribution in [2.24, 2.45) is 5.92 Å². The quantitative estimate of drug-likeness (QED) is 0.919. The highest BCUT2D eigenvalue weighted by Crippen LogP contribution is 2.23. The zero-order valence-electron chi connectivity index (χ0n) is 12.8. The third kappa shape index (κ3) is 4.26. The first-order valence-electron chi connectivity index (χ1n) is 6.89. The zero-order chi connectivity index (χ0) is 15.4. The van der Waals surface area contributed by atoms with Crippen LogP contribution < -0.4 is 10.2 Å². The molecule has 0 aliphatic heterocycles. The molecule has 1 aromatic heterocycles. The zero-order valence-corrected chi connectivity index (χ0v) is 13.6. The first-order chi connectivity index (χ1) is 9.95. The van der Waals surface area contributed by atoms with Crippen molar-refractivity contribution in [2.45, 2.75) is 27.2 Å². The molecule has 2 rings (SSSR count).